The lowest BCUT2D eigenvalue weighted by Gasteiger charge is -2.15. The summed E-state index contributed by atoms with van der Waals surface area (Å²) in [7, 11) is 0. The number of benzene rings is 2. The summed E-state index contributed by atoms with van der Waals surface area (Å²) in [5.74, 6) is 1.60. The van der Waals surface area contributed by atoms with E-state index in [9.17, 15) is 4.21 Å². The molecule has 0 saturated carbocycles. The number of fused-ring (bicyclic) bond motifs is 1. The number of nitrogens with one attached hydrogen (secondary N) is 2. The summed E-state index contributed by atoms with van der Waals surface area (Å²) in [6.07, 6.45) is 7.08. The van der Waals surface area contributed by atoms with E-state index in [2.05, 4.69) is 47.7 Å². The highest BCUT2D eigenvalue weighted by molar-refractivity contribution is 7.82. The molecule has 2 aromatic carbocycles. The molecule has 0 saturated heterocycles. The average molecular weight is 572 g/mol. The van der Waals surface area contributed by atoms with E-state index in [4.69, 9.17) is 20.5 Å². The van der Waals surface area contributed by atoms with Crippen molar-refractivity contribution >= 4 is 34.2 Å². The lowest BCUT2D eigenvalue weighted by atomic mass is 9.93. The number of aromatic nitrogens is 4. The second kappa shape index (κ2) is 12.9. The molecule has 1 unspecified atom stereocenters. The highest BCUT2D eigenvalue weighted by Crippen LogP contribution is 2.31. The van der Waals surface area contributed by atoms with E-state index in [0.29, 0.717) is 40.3 Å². The molecule has 1 atom stereocenters. The van der Waals surface area contributed by atoms with Crippen LogP contribution >= 0.6 is 11.6 Å². The quantitative estimate of drug-likeness (QED) is 0.160. The molecule has 0 bridgehead atoms. The van der Waals surface area contributed by atoms with E-state index >= 15 is 0 Å². The van der Waals surface area contributed by atoms with Crippen molar-refractivity contribution in [3.8, 4) is 22.9 Å². The molecule has 0 radical (unpaired) electrons. The van der Waals surface area contributed by atoms with Gasteiger partial charge in [-0.05, 0) is 49.2 Å². The fraction of sp³-hybridized carbons (Fsp3) is 0.448. The van der Waals surface area contributed by atoms with Gasteiger partial charge in [-0.25, -0.2) is 4.52 Å². The largest absolute Gasteiger partial charge is 0.490 e. The van der Waals surface area contributed by atoms with E-state index in [-0.39, 0.29) is 5.41 Å². The number of anilines is 1. The zero-order chi connectivity index (χ0) is 28.0. The van der Waals surface area contributed by atoms with Crippen molar-refractivity contribution in [2.45, 2.75) is 78.6 Å². The van der Waals surface area contributed by atoms with Crippen LogP contribution in [-0.2, 0) is 16.7 Å². The van der Waals surface area contributed by atoms with Gasteiger partial charge >= 0.3 is 11.3 Å². The number of nitrogens with zero attached hydrogens (tertiary/aromatic N) is 3. The maximum atomic E-state index is 13.0. The van der Waals surface area contributed by atoms with Crippen LogP contribution in [0.15, 0.2) is 42.5 Å². The summed E-state index contributed by atoms with van der Waals surface area (Å²) in [5, 5.41) is 12.5. The van der Waals surface area contributed by atoms with Gasteiger partial charge < -0.3 is 8.92 Å². The third-order valence-corrected chi connectivity index (χ3v) is 7.33. The Bertz CT molecular complexity index is 1430. The zero-order valence-electron chi connectivity index (χ0n) is 23.3. The minimum Gasteiger partial charge on any atom is -0.490 e. The number of aromatic amines is 1. The van der Waals surface area contributed by atoms with Crippen molar-refractivity contribution in [1.29, 1.82) is 0 Å². The lowest BCUT2D eigenvalue weighted by molar-refractivity contribution is 0.296. The number of ether oxygens (including phenoxy) is 1. The van der Waals surface area contributed by atoms with E-state index in [0.717, 1.165) is 29.7 Å². The number of halogens is 1. The fourth-order valence-corrected chi connectivity index (χ4v) is 5.07. The molecule has 0 fully saturated rings. The minimum absolute atomic E-state index is 0.0692. The molecule has 0 spiro atoms. The molecule has 4 aromatic rings. The van der Waals surface area contributed by atoms with Crippen molar-refractivity contribution in [3.05, 3.63) is 58.7 Å². The van der Waals surface area contributed by atoms with Gasteiger partial charge in [0.1, 0.15) is 0 Å². The second-order valence-electron chi connectivity index (χ2n) is 10.9. The number of H-pyrrole nitrogens is 1. The smallest absolute Gasteiger partial charge is 0.316 e. The molecule has 0 aliphatic heterocycles. The summed E-state index contributed by atoms with van der Waals surface area (Å²) in [6, 6.07) is 12.9. The number of aryl methyl sites for hydroxylation is 1. The molecule has 4 rings (SSSR count). The van der Waals surface area contributed by atoms with Gasteiger partial charge in [0.05, 0.1) is 12.3 Å². The van der Waals surface area contributed by atoms with Crippen molar-refractivity contribution in [2.24, 2.45) is 0 Å². The summed E-state index contributed by atoms with van der Waals surface area (Å²) < 4.78 is 29.5. The van der Waals surface area contributed by atoms with Crippen LogP contribution in [0.1, 0.15) is 77.5 Å². The van der Waals surface area contributed by atoms with Gasteiger partial charge in [0.15, 0.2) is 23.0 Å². The van der Waals surface area contributed by atoms with Gasteiger partial charge in [-0.1, -0.05) is 77.5 Å². The van der Waals surface area contributed by atoms with Gasteiger partial charge in [0.25, 0.3) is 0 Å². The predicted octanol–water partition coefficient (Wildman–Crippen LogP) is 7.79. The Hall–Kier alpha value is -3.04. The standard InChI is InChI=1S/C29H38ClN5O3S/c1-6-7-8-9-10-11-14-37-24-13-12-20(2)15-25(24)38-39(36)34-23-17-21(16-22(30)18-23)28-32-31-27-19-26(29(3,4)5)33-35(27)28/h12-13,15-19,33-34H,6-11,14H2,1-5H3. The summed E-state index contributed by atoms with van der Waals surface area (Å²) in [4.78, 5) is 0. The molecule has 2 heterocycles. The minimum atomic E-state index is -1.89. The summed E-state index contributed by atoms with van der Waals surface area (Å²) >= 11 is 4.54. The van der Waals surface area contributed by atoms with Crippen molar-refractivity contribution in [1.82, 2.24) is 19.8 Å². The first-order valence-corrected chi connectivity index (χ1v) is 14.9. The van der Waals surface area contributed by atoms with Gasteiger partial charge in [0, 0.05) is 27.8 Å². The van der Waals surface area contributed by atoms with Crippen molar-refractivity contribution in [3.63, 3.8) is 0 Å². The summed E-state index contributed by atoms with van der Waals surface area (Å²) in [6.45, 7) is 11.1. The number of hydrogen-bond donors (Lipinski definition) is 2. The fourth-order valence-electron chi connectivity index (χ4n) is 4.19. The molecule has 210 valence electrons. The molecular weight excluding hydrogens is 534 g/mol. The number of unbranched alkanes of at least 4 members (excludes halogenated alkanes) is 5. The highest BCUT2D eigenvalue weighted by Gasteiger charge is 2.20. The first-order chi connectivity index (χ1) is 18.6. The molecular formula is C29H38ClN5O3S. The summed E-state index contributed by atoms with van der Waals surface area (Å²) in [5.41, 5.74) is 3.91. The van der Waals surface area contributed by atoms with Crippen molar-refractivity contribution < 1.29 is 13.1 Å². The Morgan fingerprint density at radius 1 is 1.00 bits per heavy atom. The van der Waals surface area contributed by atoms with Gasteiger partial charge in [-0.2, -0.15) is 4.21 Å². The average Bonchev–Trinajstić information content (AvgIpc) is 3.45. The number of hydrogen-bond acceptors (Lipinski definition) is 5. The number of rotatable bonds is 13. The van der Waals surface area contributed by atoms with E-state index in [1.54, 1.807) is 12.1 Å². The molecule has 2 N–H and O–H groups in total. The van der Waals surface area contributed by atoms with E-state index in [1.807, 2.05) is 41.8 Å². The maximum absolute atomic E-state index is 13.0. The Labute approximate surface area is 238 Å². The molecule has 2 aromatic heterocycles. The molecule has 10 heteroatoms. The molecule has 39 heavy (non-hydrogen) atoms. The van der Waals surface area contributed by atoms with Crippen LogP contribution in [0.25, 0.3) is 17.0 Å². The Kier molecular flexibility index (Phi) is 9.56. The Balaban J connectivity index is 1.44. The molecule has 8 nitrogen and oxygen atoms in total. The molecule has 0 aliphatic rings. The monoisotopic (exact) mass is 571 g/mol. The Morgan fingerprint density at radius 3 is 2.54 bits per heavy atom. The lowest BCUT2D eigenvalue weighted by Crippen LogP contribution is -2.12. The zero-order valence-corrected chi connectivity index (χ0v) is 24.9. The van der Waals surface area contributed by atoms with E-state index in [1.165, 1.54) is 25.7 Å². The van der Waals surface area contributed by atoms with E-state index < -0.39 is 11.3 Å². The SMILES string of the molecule is CCCCCCCCOc1ccc(C)cc1OS(=O)Nc1cc(Cl)cc(-c2nnc3cc(C(C)(C)C)[nH]n23)c1. The van der Waals surface area contributed by atoms with Crippen molar-refractivity contribution in [2.75, 3.05) is 11.3 Å². The molecule has 0 amide bonds. The first-order valence-electron chi connectivity index (χ1n) is 13.5. The van der Waals surface area contributed by atoms with Gasteiger partial charge in [0.2, 0.25) is 0 Å². The normalized spacial score (nSPS) is 12.6. The van der Waals surface area contributed by atoms with Crippen LogP contribution in [-0.4, -0.2) is 30.6 Å². The topological polar surface area (TPSA) is 93.5 Å². The van der Waals surface area contributed by atoms with Crippen LogP contribution in [0.4, 0.5) is 5.69 Å². The van der Waals surface area contributed by atoms with Crippen LogP contribution in [0.3, 0.4) is 0 Å². The predicted molar refractivity (Wildman–Crippen MR) is 159 cm³/mol. The van der Waals surface area contributed by atoms with Gasteiger partial charge in [-0.3, -0.25) is 9.82 Å². The first kappa shape index (κ1) is 29.0. The Morgan fingerprint density at radius 2 is 1.77 bits per heavy atom. The van der Waals surface area contributed by atoms with Gasteiger partial charge in [-0.15, -0.1) is 10.2 Å². The third kappa shape index (κ3) is 7.76. The maximum Gasteiger partial charge on any atom is 0.316 e. The van der Waals surface area contributed by atoms with Crippen LogP contribution in [0.2, 0.25) is 5.02 Å². The van der Waals surface area contributed by atoms with Crippen LogP contribution < -0.4 is 13.6 Å². The third-order valence-electron chi connectivity index (χ3n) is 6.38. The van der Waals surface area contributed by atoms with Crippen LogP contribution in [0.5, 0.6) is 11.5 Å². The highest BCUT2D eigenvalue weighted by atomic mass is 35.5. The van der Waals surface area contributed by atoms with Crippen LogP contribution in [0, 0.1) is 6.92 Å². The second-order valence-corrected chi connectivity index (χ2v) is 12.1. The molecule has 0 aliphatic carbocycles.